The standard InChI is InChI=1S/C47H32/c1-2-3-12-37-30-44(41-20-8-9-21-42(41)46(37)38-24-23-31-13-4-5-15-33(31)27-38)34-16-10-18-36(28-34)47-40-22-11-17-35(40)29-45-39-19-7-6-14-32(39)25-26-43(45)47/h2-10,13-30H,12H2,1H3/b3-2-. The van der Waals surface area contributed by atoms with Crippen molar-refractivity contribution in [2.45, 2.75) is 13.3 Å². The van der Waals surface area contributed by atoms with E-state index in [9.17, 15) is 0 Å². The SMILES string of the molecule is C/C=C\Cc1cc(-c2cccc(-c3c4c(cc5c3ccc3ccccc35)C=C=C4)c2)c2ccccc2c1-c1ccc2ccccc2c1. The third kappa shape index (κ3) is 4.54. The van der Waals surface area contributed by atoms with Crippen molar-refractivity contribution in [2.75, 3.05) is 0 Å². The van der Waals surface area contributed by atoms with Crippen LogP contribution in [0.3, 0.4) is 0 Å². The van der Waals surface area contributed by atoms with Crippen LogP contribution in [0.4, 0.5) is 0 Å². The molecule has 0 unspecified atom stereocenters. The van der Waals surface area contributed by atoms with E-state index in [4.69, 9.17) is 0 Å². The van der Waals surface area contributed by atoms with Crippen LogP contribution in [0.5, 0.6) is 0 Å². The zero-order valence-electron chi connectivity index (χ0n) is 26.3. The van der Waals surface area contributed by atoms with Crippen molar-refractivity contribution in [2.24, 2.45) is 0 Å². The van der Waals surface area contributed by atoms with E-state index in [-0.39, 0.29) is 0 Å². The molecule has 1 aliphatic rings. The lowest BCUT2D eigenvalue weighted by Gasteiger charge is -2.19. The Morgan fingerprint density at radius 2 is 1.19 bits per heavy atom. The Morgan fingerprint density at radius 1 is 0.489 bits per heavy atom. The summed E-state index contributed by atoms with van der Waals surface area (Å²) in [5.74, 6) is 0. The van der Waals surface area contributed by atoms with Crippen LogP contribution in [0.1, 0.15) is 23.6 Å². The van der Waals surface area contributed by atoms with Crippen molar-refractivity contribution in [1.82, 2.24) is 0 Å². The van der Waals surface area contributed by atoms with Gasteiger partial charge in [-0.15, -0.1) is 5.73 Å². The van der Waals surface area contributed by atoms with E-state index in [1.807, 2.05) is 0 Å². The van der Waals surface area contributed by atoms with Gasteiger partial charge in [-0.1, -0.05) is 127 Å². The number of hydrogen-bond donors (Lipinski definition) is 0. The van der Waals surface area contributed by atoms with Crippen molar-refractivity contribution < 1.29 is 0 Å². The number of rotatable bonds is 5. The molecular weight excluding hydrogens is 565 g/mol. The van der Waals surface area contributed by atoms with Crippen LogP contribution in [0.25, 0.3) is 88.6 Å². The summed E-state index contributed by atoms with van der Waals surface area (Å²) in [6.07, 6.45) is 9.58. The highest BCUT2D eigenvalue weighted by Crippen LogP contribution is 2.44. The zero-order valence-corrected chi connectivity index (χ0v) is 26.3. The van der Waals surface area contributed by atoms with E-state index in [0.29, 0.717) is 0 Å². The van der Waals surface area contributed by atoms with Crippen LogP contribution in [0.15, 0.2) is 157 Å². The lowest BCUT2D eigenvalue weighted by Crippen LogP contribution is -1.95. The van der Waals surface area contributed by atoms with E-state index in [2.05, 4.69) is 176 Å². The predicted molar refractivity (Wildman–Crippen MR) is 204 cm³/mol. The number of benzene rings is 8. The molecule has 0 fully saturated rings. The molecule has 0 aromatic heterocycles. The molecule has 0 saturated carbocycles. The zero-order chi connectivity index (χ0) is 31.3. The van der Waals surface area contributed by atoms with Gasteiger partial charge >= 0.3 is 0 Å². The van der Waals surface area contributed by atoms with Gasteiger partial charge in [0.1, 0.15) is 0 Å². The van der Waals surface area contributed by atoms with Gasteiger partial charge in [0, 0.05) is 0 Å². The Hall–Kier alpha value is -5.94. The first-order valence-electron chi connectivity index (χ1n) is 16.4. The molecule has 0 bridgehead atoms. The molecule has 0 spiro atoms. The summed E-state index contributed by atoms with van der Waals surface area (Å²) < 4.78 is 0. The molecular formula is C47H32. The quantitative estimate of drug-likeness (QED) is 0.105. The van der Waals surface area contributed by atoms with Crippen molar-refractivity contribution in [3.05, 3.63) is 174 Å². The summed E-state index contributed by atoms with van der Waals surface area (Å²) in [7, 11) is 0. The summed E-state index contributed by atoms with van der Waals surface area (Å²) in [4.78, 5) is 0. The Bertz CT molecular complexity index is 2640. The lowest BCUT2D eigenvalue weighted by molar-refractivity contribution is 1.27. The van der Waals surface area contributed by atoms with Crippen molar-refractivity contribution >= 4 is 55.2 Å². The third-order valence-corrected chi connectivity index (χ3v) is 9.79. The van der Waals surface area contributed by atoms with Gasteiger partial charge in [0.25, 0.3) is 0 Å². The first-order chi connectivity index (χ1) is 23.3. The summed E-state index contributed by atoms with van der Waals surface area (Å²) in [6, 6.07) is 51.7. The molecule has 0 nitrogen and oxygen atoms in total. The summed E-state index contributed by atoms with van der Waals surface area (Å²) >= 11 is 0. The van der Waals surface area contributed by atoms with Crippen LogP contribution in [-0.2, 0) is 6.42 Å². The van der Waals surface area contributed by atoms with Gasteiger partial charge in [-0.3, -0.25) is 0 Å². The normalized spacial score (nSPS) is 12.3. The minimum absolute atomic E-state index is 0.872. The van der Waals surface area contributed by atoms with Crippen molar-refractivity contribution in [3.8, 4) is 33.4 Å². The van der Waals surface area contributed by atoms with Crippen LogP contribution >= 0.6 is 0 Å². The minimum atomic E-state index is 0.872. The maximum Gasteiger partial charge on any atom is -0.00155 e. The molecule has 0 heterocycles. The molecule has 8 aromatic rings. The second-order valence-electron chi connectivity index (χ2n) is 12.5. The van der Waals surface area contributed by atoms with Crippen LogP contribution < -0.4 is 0 Å². The average molecular weight is 597 g/mol. The molecule has 0 atom stereocenters. The topological polar surface area (TPSA) is 0 Å². The Morgan fingerprint density at radius 3 is 2.06 bits per heavy atom. The molecule has 8 aromatic carbocycles. The Labute approximate surface area is 275 Å². The largest absolute Gasteiger partial charge is 0.120 e. The Kier molecular flexibility index (Phi) is 6.49. The molecule has 0 radical (unpaired) electrons. The van der Waals surface area contributed by atoms with Crippen LogP contribution in [0.2, 0.25) is 0 Å². The molecule has 0 heteroatoms. The van der Waals surface area contributed by atoms with Gasteiger partial charge in [0.2, 0.25) is 0 Å². The molecule has 220 valence electrons. The van der Waals surface area contributed by atoms with E-state index < -0.39 is 0 Å². The third-order valence-electron chi connectivity index (χ3n) is 9.79. The van der Waals surface area contributed by atoms with Gasteiger partial charge < -0.3 is 0 Å². The smallest absolute Gasteiger partial charge is 0.00155 e. The molecule has 0 amide bonds. The Balaban J connectivity index is 1.28. The first kappa shape index (κ1) is 27.4. The highest BCUT2D eigenvalue weighted by Gasteiger charge is 2.19. The highest BCUT2D eigenvalue weighted by molar-refractivity contribution is 6.15. The van der Waals surface area contributed by atoms with Gasteiger partial charge in [-0.05, 0) is 143 Å². The number of fused-ring (bicyclic) bond motifs is 6. The minimum Gasteiger partial charge on any atom is -0.120 e. The predicted octanol–water partition coefficient (Wildman–Crippen LogP) is 13.1. The fraction of sp³-hybridized carbons (Fsp3) is 0.0426. The second kappa shape index (κ2) is 11.1. The average Bonchev–Trinajstić information content (AvgIpc) is 3.60. The first-order valence-corrected chi connectivity index (χ1v) is 16.4. The van der Waals surface area contributed by atoms with Crippen LogP contribution in [-0.4, -0.2) is 0 Å². The maximum absolute atomic E-state index is 3.39. The number of hydrogen-bond acceptors (Lipinski definition) is 0. The second-order valence-corrected chi connectivity index (χ2v) is 12.5. The maximum atomic E-state index is 3.39. The summed E-state index contributed by atoms with van der Waals surface area (Å²) in [5, 5.41) is 10.2. The van der Waals surface area contributed by atoms with E-state index in [1.165, 1.54) is 93.2 Å². The van der Waals surface area contributed by atoms with Gasteiger partial charge in [-0.25, -0.2) is 0 Å². The molecule has 9 rings (SSSR count). The van der Waals surface area contributed by atoms with Crippen molar-refractivity contribution in [1.29, 1.82) is 0 Å². The molecule has 0 saturated heterocycles. The van der Waals surface area contributed by atoms with E-state index in [1.54, 1.807) is 0 Å². The van der Waals surface area contributed by atoms with Gasteiger partial charge in [0.15, 0.2) is 0 Å². The van der Waals surface area contributed by atoms with Gasteiger partial charge in [0.05, 0.1) is 0 Å². The lowest BCUT2D eigenvalue weighted by atomic mass is 9.85. The summed E-state index contributed by atoms with van der Waals surface area (Å²) in [5.41, 5.74) is 14.8. The molecule has 1 aliphatic carbocycles. The van der Waals surface area contributed by atoms with Crippen LogP contribution in [0, 0.1) is 0 Å². The summed E-state index contributed by atoms with van der Waals surface area (Å²) in [6.45, 7) is 2.11. The monoisotopic (exact) mass is 596 g/mol. The van der Waals surface area contributed by atoms with E-state index >= 15 is 0 Å². The highest BCUT2D eigenvalue weighted by atomic mass is 14.2. The van der Waals surface area contributed by atoms with Gasteiger partial charge in [-0.2, -0.15) is 0 Å². The van der Waals surface area contributed by atoms with E-state index in [0.717, 1.165) is 6.42 Å². The molecule has 47 heavy (non-hydrogen) atoms. The fourth-order valence-corrected chi connectivity index (χ4v) is 7.60. The molecule has 0 aliphatic heterocycles. The number of allylic oxidation sites excluding steroid dienone is 2. The molecule has 0 N–H and O–H groups in total. The van der Waals surface area contributed by atoms with Crippen molar-refractivity contribution in [3.63, 3.8) is 0 Å². The fourth-order valence-electron chi connectivity index (χ4n) is 7.60.